The molecule has 0 saturated carbocycles. The summed E-state index contributed by atoms with van der Waals surface area (Å²) in [6, 6.07) is 6.66. The number of carbonyl (C=O) groups excluding carboxylic acids is 1. The molecule has 0 aliphatic heterocycles. The Hall–Kier alpha value is -2.63. The largest absolute Gasteiger partial charge is 0.465 e. The maximum atomic E-state index is 12.1. The molecule has 0 aliphatic carbocycles. The van der Waals surface area contributed by atoms with Gasteiger partial charge in [0.2, 0.25) is 0 Å². The smallest absolute Gasteiger partial charge is 0.337 e. The van der Waals surface area contributed by atoms with Gasteiger partial charge in [0.1, 0.15) is 0 Å². The molecule has 6 nitrogen and oxygen atoms in total. The van der Waals surface area contributed by atoms with Crippen molar-refractivity contribution in [1.29, 1.82) is 0 Å². The van der Waals surface area contributed by atoms with E-state index in [-0.39, 0.29) is 17.7 Å². The van der Waals surface area contributed by atoms with Crippen molar-refractivity contribution in [3.05, 3.63) is 67.2 Å². The van der Waals surface area contributed by atoms with Crippen LogP contribution in [0.1, 0.15) is 27.0 Å². The molecule has 1 aromatic carbocycles. The van der Waals surface area contributed by atoms with Crippen LogP contribution in [-0.2, 0) is 11.3 Å². The minimum atomic E-state index is -0.418. The lowest BCUT2D eigenvalue weighted by Gasteiger charge is -2.08. The van der Waals surface area contributed by atoms with Gasteiger partial charge in [-0.05, 0) is 31.5 Å². The van der Waals surface area contributed by atoms with E-state index in [4.69, 9.17) is 0 Å². The molecule has 1 heterocycles. The number of aromatic nitrogens is 2. The van der Waals surface area contributed by atoms with E-state index >= 15 is 0 Å². The third-order valence-electron chi connectivity index (χ3n) is 3.42. The molecule has 1 aromatic heterocycles. The van der Waals surface area contributed by atoms with Crippen LogP contribution in [0.5, 0.6) is 0 Å². The lowest BCUT2D eigenvalue weighted by atomic mass is 10.1. The highest BCUT2D eigenvalue weighted by Crippen LogP contribution is 2.06. The van der Waals surface area contributed by atoms with Crippen molar-refractivity contribution >= 4 is 5.97 Å². The Bertz CT molecular complexity index is 785. The van der Waals surface area contributed by atoms with Crippen LogP contribution in [0.15, 0.2) is 33.9 Å². The first-order chi connectivity index (χ1) is 9.93. The number of esters is 1. The zero-order chi connectivity index (χ0) is 15.6. The number of carbonyl (C=O) groups is 1. The molecule has 0 radical (unpaired) electrons. The highest BCUT2D eigenvalue weighted by atomic mass is 16.5. The van der Waals surface area contributed by atoms with Crippen molar-refractivity contribution in [2.24, 2.45) is 0 Å². The Morgan fingerprint density at radius 3 is 2.33 bits per heavy atom. The van der Waals surface area contributed by atoms with Crippen molar-refractivity contribution in [2.45, 2.75) is 20.4 Å². The number of nitrogens with one attached hydrogen (secondary N) is 1. The fourth-order valence-corrected chi connectivity index (χ4v) is 1.95. The predicted octanol–water partition coefficient (Wildman–Crippen LogP) is 0.988. The van der Waals surface area contributed by atoms with Gasteiger partial charge in [-0.1, -0.05) is 12.1 Å². The zero-order valence-electron chi connectivity index (χ0n) is 12.1. The van der Waals surface area contributed by atoms with E-state index in [0.717, 1.165) is 5.56 Å². The molecule has 0 atom stereocenters. The van der Waals surface area contributed by atoms with Gasteiger partial charge in [-0.25, -0.2) is 9.48 Å². The average molecular weight is 288 g/mol. The van der Waals surface area contributed by atoms with Crippen LogP contribution >= 0.6 is 0 Å². The Morgan fingerprint density at radius 2 is 1.76 bits per heavy atom. The van der Waals surface area contributed by atoms with Crippen molar-refractivity contribution in [3.8, 4) is 0 Å². The molecule has 0 amide bonds. The van der Waals surface area contributed by atoms with Gasteiger partial charge in [0.25, 0.3) is 11.1 Å². The van der Waals surface area contributed by atoms with E-state index in [9.17, 15) is 14.4 Å². The summed E-state index contributed by atoms with van der Waals surface area (Å²) in [5.41, 5.74) is 1.58. The van der Waals surface area contributed by atoms with Crippen molar-refractivity contribution in [3.63, 3.8) is 0 Å². The molecule has 21 heavy (non-hydrogen) atoms. The minimum absolute atomic E-state index is 0.232. The van der Waals surface area contributed by atoms with Crippen LogP contribution in [0.3, 0.4) is 0 Å². The average Bonchev–Trinajstić information content (AvgIpc) is 2.50. The molecule has 0 unspecified atom stereocenters. The summed E-state index contributed by atoms with van der Waals surface area (Å²) >= 11 is 0. The number of benzene rings is 1. The van der Waals surface area contributed by atoms with E-state index in [0.29, 0.717) is 16.7 Å². The maximum Gasteiger partial charge on any atom is 0.337 e. The predicted molar refractivity (Wildman–Crippen MR) is 77.7 cm³/mol. The summed E-state index contributed by atoms with van der Waals surface area (Å²) in [5.74, 6) is -0.418. The van der Waals surface area contributed by atoms with Gasteiger partial charge in [-0.3, -0.25) is 14.7 Å². The maximum absolute atomic E-state index is 12.1. The Morgan fingerprint density at radius 1 is 1.14 bits per heavy atom. The van der Waals surface area contributed by atoms with Crippen LogP contribution in [0.2, 0.25) is 0 Å². The molecule has 0 fully saturated rings. The molecule has 0 bridgehead atoms. The van der Waals surface area contributed by atoms with Crippen LogP contribution in [0.25, 0.3) is 0 Å². The summed E-state index contributed by atoms with van der Waals surface area (Å²) in [7, 11) is 1.32. The number of rotatable bonds is 3. The third-order valence-corrected chi connectivity index (χ3v) is 3.42. The molecular weight excluding hydrogens is 272 g/mol. The van der Waals surface area contributed by atoms with Crippen LogP contribution in [-0.4, -0.2) is 22.9 Å². The number of nitrogens with zero attached hydrogens (tertiary/aromatic N) is 1. The molecule has 1 N–H and O–H groups in total. The number of methoxy groups -OCH3 is 1. The van der Waals surface area contributed by atoms with Gasteiger partial charge < -0.3 is 4.74 Å². The number of aromatic amines is 1. The van der Waals surface area contributed by atoms with E-state index in [1.165, 1.54) is 11.8 Å². The molecule has 2 aromatic rings. The summed E-state index contributed by atoms with van der Waals surface area (Å²) in [5, 5.41) is 2.54. The third kappa shape index (κ3) is 2.94. The monoisotopic (exact) mass is 288 g/mol. The summed E-state index contributed by atoms with van der Waals surface area (Å²) in [4.78, 5) is 35.1. The highest BCUT2D eigenvalue weighted by molar-refractivity contribution is 5.89. The molecule has 0 aliphatic rings. The van der Waals surface area contributed by atoms with Gasteiger partial charge in [0.05, 0.1) is 19.2 Å². The minimum Gasteiger partial charge on any atom is -0.465 e. The lowest BCUT2D eigenvalue weighted by molar-refractivity contribution is 0.0600. The van der Waals surface area contributed by atoms with Gasteiger partial charge in [0, 0.05) is 11.1 Å². The topological polar surface area (TPSA) is 81.2 Å². The number of hydrogen-bond acceptors (Lipinski definition) is 4. The van der Waals surface area contributed by atoms with Crippen molar-refractivity contribution in [1.82, 2.24) is 9.78 Å². The van der Waals surface area contributed by atoms with Gasteiger partial charge in [-0.2, -0.15) is 0 Å². The molecule has 110 valence electrons. The Kier molecular flexibility index (Phi) is 4.07. The quantitative estimate of drug-likeness (QED) is 0.854. The van der Waals surface area contributed by atoms with Gasteiger partial charge in [-0.15, -0.1) is 0 Å². The van der Waals surface area contributed by atoms with E-state index in [2.05, 4.69) is 9.84 Å². The van der Waals surface area contributed by atoms with Crippen LogP contribution in [0, 0.1) is 13.8 Å². The van der Waals surface area contributed by atoms with E-state index in [1.807, 2.05) is 0 Å². The lowest BCUT2D eigenvalue weighted by Crippen LogP contribution is -2.33. The van der Waals surface area contributed by atoms with Crippen molar-refractivity contribution in [2.75, 3.05) is 7.11 Å². The van der Waals surface area contributed by atoms with Gasteiger partial charge in [0.15, 0.2) is 0 Å². The molecule has 2 rings (SSSR count). The molecule has 0 spiro atoms. The SMILES string of the molecule is COC(=O)c1ccc(Cn2[nH]c(=O)c(C)c(C)c2=O)cc1. The standard InChI is InChI=1S/C15H16N2O4/c1-9-10(2)14(19)17(16-13(9)18)8-11-4-6-12(7-5-11)15(20)21-3/h4-7H,8H2,1-3H3,(H,16,18). The molecular formula is C15H16N2O4. The summed E-state index contributed by atoms with van der Waals surface area (Å²) in [6.45, 7) is 3.48. The number of hydrogen-bond donors (Lipinski definition) is 1. The van der Waals surface area contributed by atoms with E-state index in [1.54, 1.807) is 38.1 Å². The number of H-pyrrole nitrogens is 1. The van der Waals surface area contributed by atoms with Gasteiger partial charge >= 0.3 is 5.97 Å². The fraction of sp³-hybridized carbons (Fsp3) is 0.267. The van der Waals surface area contributed by atoms with E-state index < -0.39 is 5.97 Å². The first-order valence-electron chi connectivity index (χ1n) is 6.41. The summed E-state index contributed by atoms with van der Waals surface area (Å²) in [6.07, 6.45) is 0. The Labute approximate surface area is 121 Å². The first-order valence-corrected chi connectivity index (χ1v) is 6.41. The second kappa shape index (κ2) is 5.78. The molecule has 0 saturated heterocycles. The fourth-order valence-electron chi connectivity index (χ4n) is 1.95. The number of ether oxygens (including phenoxy) is 1. The van der Waals surface area contributed by atoms with Crippen LogP contribution in [0.4, 0.5) is 0 Å². The normalized spacial score (nSPS) is 10.4. The van der Waals surface area contributed by atoms with Crippen molar-refractivity contribution < 1.29 is 9.53 Å². The molecule has 6 heteroatoms. The van der Waals surface area contributed by atoms with Crippen LogP contribution < -0.4 is 11.1 Å². The zero-order valence-corrected chi connectivity index (χ0v) is 12.1. The Balaban J connectivity index is 2.33. The summed E-state index contributed by atoms with van der Waals surface area (Å²) < 4.78 is 5.88. The second-order valence-corrected chi connectivity index (χ2v) is 4.77. The first kappa shape index (κ1) is 14.8. The highest BCUT2D eigenvalue weighted by Gasteiger charge is 2.08. The second-order valence-electron chi connectivity index (χ2n) is 4.77.